The van der Waals surface area contributed by atoms with Crippen LogP contribution in [0.2, 0.25) is 0 Å². The molecule has 136 valence electrons. The van der Waals surface area contributed by atoms with Crippen molar-refractivity contribution < 1.29 is 18.3 Å². The molecular weight excluding hydrogens is 344 g/mol. The lowest BCUT2D eigenvalue weighted by Gasteiger charge is -2.10. The Morgan fingerprint density at radius 3 is 2.69 bits per heavy atom. The minimum Gasteiger partial charge on any atom is -0.433 e. The first-order valence-corrected chi connectivity index (χ1v) is 7.78. The molecule has 1 amide bonds. The minimum absolute atomic E-state index is 0.116. The van der Waals surface area contributed by atoms with Gasteiger partial charge in [-0.1, -0.05) is 12.1 Å². The molecule has 2 heterocycles. The summed E-state index contributed by atoms with van der Waals surface area (Å²) in [4.78, 5) is 12.4. The van der Waals surface area contributed by atoms with Gasteiger partial charge in [-0.15, -0.1) is 0 Å². The lowest BCUT2D eigenvalue weighted by Crippen LogP contribution is -2.14. The lowest BCUT2D eigenvalue weighted by atomic mass is 10.1. The zero-order chi connectivity index (χ0) is 18.8. The summed E-state index contributed by atoms with van der Waals surface area (Å²) < 4.78 is 31.1. The molecular formula is C17H17F2N5O2. The van der Waals surface area contributed by atoms with Crippen molar-refractivity contribution in [1.29, 1.82) is 0 Å². The molecule has 0 aliphatic heterocycles. The van der Waals surface area contributed by atoms with Gasteiger partial charge in [-0.3, -0.25) is 14.6 Å². The van der Waals surface area contributed by atoms with Crippen LogP contribution >= 0.6 is 0 Å². The van der Waals surface area contributed by atoms with Crippen LogP contribution < -0.4 is 10.1 Å². The number of halogens is 2. The normalized spacial score (nSPS) is 11.0. The second-order valence-electron chi connectivity index (χ2n) is 5.67. The number of alkyl halides is 2. The van der Waals surface area contributed by atoms with Gasteiger partial charge in [-0.25, -0.2) is 0 Å². The lowest BCUT2D eigenvalue weighted by molar-refractivity contribution is -0.0493. The van der Waals surface area contributed by atoms with Crippen LogP contribution in [0.25, 0.3) is 11.3 Å². The molecule has 26 heavy (non-hydrogen) atoms. The Kier molecular flexibility index (Phi) is 4.70. The fourth-order valence-corrected chi connectivity index (χ4v) is 2.67. The average Bonchev–Trinajstić information content (AvgIpc) is 3.14. The molecule has 0 bridgehead atoms. The highest BCUT2D eigenvalue weighted by atomic mass is 19.3. The number of hydrogen-bond acceptors (Lipinski definition) is 4. The number of aryl methyl sites for hydroxylation is 2. The average molecular weight is 361 g/mol. The maximum Gasteiger partial charge on any atom is 0.387 e. The Labute approximate surface area is 148 Å². The first-order chi connectivity index (χ1) is 12.4. The van der Waals surface area contributed by atoms with Crippen LogP contribution in [0.1, 0.15) is 21.9 Å². The van der Waals surface area contributed by atoms with Crippen molar-refractivity contribution >= 4 is 11.6 Å². The number of aromatic amines is 1. The molecule has 0 saturated heterocycles. The van der Waals surface area contributed by atoms with Gasteiger partial charge >= 0.3 is 6.61 Å². The molecule has 3 aromatic rings. The van der Waals surface area contributed by atoms with Crippen LogP contribution in [-0.4, -0.2) is 32.5 Å². The highest BCUT2D eigenvalue weighted by Crippen LogP contribution is 2.27. The standard InChI is InChI=1S/C17H17F2N5O2/c1-9-15(10(2)24(3)23-9)12-8-13(22-21-12)16(25)20-11-6-4-5-7-14(11)26-17(18)19/h4-8,17H,1-3H3,(H,20,25)(H,21,22). The van der Waals surface area contributed by atoms with Gasteiger partial charge in [-0.05, 0) is 32.0 Å². The van der Waals surface area contributed by atoms with E-state index in [-0.39, 0.29) is 17.1 Å². The van der Waals surface area contributed by atoms with Gasteiger partial charge in [-0.2, -0.15) is 19.0 Å². The van der Waals surface area contributed by atoms with Gasteiger partial charge in [0, 0.05) is 18.3 Å². The Balaban J connectivity index is 1.83. The number of aromatic nitrogens is 4. The largest absolute Gasteiger partial charge is 0.433 e. The molecule has 0 radical (unpaired) electrons. The third-order valence-electron chi connectivity index (χ3n) is 3.94. The third-order valence-corrected chi connectivity index (χ3v) is 3.94. The number of nitrogens with zero attached hydrogens (tertiary/aromatic N) is 3. The van der Waals surface area contributed by atoms with E-state index in [0.29, 0.717) is 5.69 Å². The number of carbonyl (C=O) groups excluding carboxylic acids is 1. The summed E-state index contributed by atoms with van der Waals surface area (Å²) in [7, 11) is 1.83. The van der Waals surface area contributed by atoms with Crippen LogP contribution in [0, 0.1) is 13.8 Å². The van der Waals surface area contributed by atoms with Gasteiger partial charge in [0.15, 0.2) is 0 Å². The van der Waals surface area contributed by atoms with E-state index in [2.05, 4.69) is 25.3 Å². The summed E-state index contributed by atoms with van der Waals surface area (Å²) in [6.07, 6.45) is 0. The first kappa shape index (κ1) is 17.6. The molecule has 0 aliphatic carbocycles. The van der Waals surface area contributed by atoms with Crippen molar-refractivity contribution in [2.24, 2.45) is 7.05 Å². The van der Waals surface area contributed by atoms with Crippen molar-refractivity contribution in [1.82, 2.24) is 20.0 Å². The second-order valence-corrected chi connectivity index (χ2v) is 5.67. The van der Waals surface area contributed by atoms with E-state index in [1.807, 2.05) is 20.9 Å². The molecule has 0 aliphatic rings. The summed E-state index contributed by atoms with van der Waals surface area (Å²) in [6, 6.07) is 7.55. The zero-order valence-corrected chi connectivity index (χ0v) is 14.4. The number of hydrogen-bond donors (Lipinski definition) is 2. The molecule has 1 aromatic carbocycles. The number of anilines is 1. The van der Waals surface area contributed by atoms with E-state index in [1.165, 1.54) is 18.2 Å². The number of para-hydroxylation sites is 2. The molecule has 2 aromatic heterocycles. The summed E-state index contributed by atoms with van der Waals surface area (Å²) in [5.41, 5.74) is 3.45. The van der Waals surface area contributed by atoms with Crippen LogP contribution in [0.5, 0.6) is 5.75 Å². The maximum absolute atomic E-state index is 12.5. The molecule has 0 fully saturated rings. The smallest absolute Gasteiger partial charge is 0.387 e. The predicted octanol–water partition coefficient (Wildman–Crippen LogP) is 3.28. The highest BCUT2D eigenvalue weighted by Gasteiger charge is 2.18. The molecule has 9 heteroatoms. The van der Waals surface area contributed by atoms with E-state index >= 15 is 0 Å². The van der Waals surface area contributed by atoms with Gasteiger partial charge in [0.05, 0.1) is 17.1 Å². The quantitative estimate of drug-likeness (QED) is 0.730. The SMILES string of the molecule is Cc1nn(C)c(C)c1-c1cc(C(=O)Nc2ccccc2OC(F)F)[nH]n1. The van der Waals surface area contributed by atoms with E-state index in [9.17, 15) is 13.6 Å². The molecule has 0 saturated carbocycles. The van der Waals surface area contributed by atoms with Crippen LogP contribution in [0.4, 0.5) is 14.5 Å². The Hall–Kier alpha value is -3.23. The van der Waals surface area contributed by atoms with Crippen molar-refractivity contribution in [3.05, 3.63) is 47.4 Å². The second kappa shape index (κ2) is 6.95. The first-order valence-electron chi connectivity index (χ1n) is 7.78. The fourth-order valence-electron chi connectivity index (χ4n) is 2.67. The number of amides is 1. The number of rotatable bonds is 5. The molecule has 3 rings (SSSR count). The van der Waals surface area contributed by atoms with E-state index in [1.54, 1.807) is 16.8 Å². The van der Waals surface area contributed by atoms with Crippen LogP contribution in [-0.2, 0) is 7.05 Å². The summed E-state index contributed by atoms with van der Waals surface area (Å²) >= 11 is 0. The summed E-state index contributed by atoms with van der Waals surface area (Å²) in [5, 5.41) is 13.7. The van der Waals surface area contributed by atoms with Gasteiger partial charge in [0.25, 0.3) is 5.91 Å². The van der Waals surface area contributed by atoms with Crippen molar-refractivity contribution in [2.75, 3.05) is 5.32 Å². The number of H-pyrrole nitrogens is 1. The molecule has 0 unspecified atom stereocenters. The Bertz CT molecular complexity index is 949. The molecule has 2 N–H and O–H groups in total. The van der Waals surface area contributed by atoms with Gasteiger partial charge in [0.1, 0.15) is 11.4 Å². The Morgan fingerprint density at radius 2 is 2.04 bits per heavy atom. The molecule has 0 spiro atoms. The Morgan fingerprint density at radius 1 is 1.31 bits per heavy atom. The minimum atomic E-state index is -2.98. The van der Waals surface area contributed by atoms with E-state index in [4.69, 9.17) is 0 Å². The van der Waals surface area contributed by atoms with Crippen LogP contribution in [0.3, 0.4) is 0 Å². The summed E-state index contributed by atoms with van der Waals surface area (Å²) in [6.45, 7) is 0.777. The third kappa shape index (κ3) is 3.41. The highest BCUT2D eigenvalue weighted by molar-refractivity contribution is 6.04. The van der Waals surface area contributed by atoms with Crippen molar-refractivity contribution in [3.8, 4) is 17.0 Å². The zero-order valence-electron chi connectivity index (χ0n) is 14.4. The monoisotopic (exact) mass is 361 g/mol. The number of benzene rings is 1. The van der Waals surface area contributed by atoms with E-state index in [0.717, 1.165) is 17.0 Å². The van der Waals surface area contributed by atoms with Gasteiger partial charge in [0.2, 0.25) is 0 Å². The van der Waals surface area contributed by atoms with Crippen molar-refractivity contribution in [3.63, 3.8) is 0 Å². The predicted molar refractivity (Wildman–Crippen MR) is 91.3 cm³/mol. The fraction of sp³-hybridized carbons (Fsp3) is 0.235. The topological polar surface area (TPSA) is 84.8 Å². The van der Waals surface area contributed by atoms with Crippen molar-refractivity contribution in [2.45, 2.75) is 20.5 Å². The summed E-state index contributed by atoms with van der Waals surface area (Å²) in [5.74, 6) is -0.636. The number of ether oxygens (including phenoxy) is 1. The number of nitrogens with one attached hydrogen (secondary N) is 2. The van der Waals surface area contributed by atoms with Crippen LogP contribution in [0.15, 0.2) is 30.3 Å². The maximum atomic E-state index is 12.5. The number of carbonyl (C=O) groups is 1. The molecule has 7 nitrogen and oxygen atoms in total. The molecule has 0 atom stereocenters. The van der Waals surface area contributed by atoms with E-state index < -0.39 is 12.5 Å². The van der Waals surface area contributed by atoms with Gasteiger partial charge < -0.3 is 10.1 Å².